The van der Waals surface area contributed by atoms with Crippen LogP contribution in [0.25, 0.3) is 0 Å². The second-order valence-corrected chi connectivity index (χ2v) is 3.22. The Morgan fingerprint density at radius 2 is 2.50 bits per heavy atom. The van der Waals surface area contributed by atoms with Crippen molar-refractivity contribution in [1.29, 1.82) is 0 Å². The van der Waals surface area contributed by atoms with Gasteiger partial charge in [0.2, 0.25) is 5.13 Å². The Balaban J connectivity index is 2.33. The Kier molecular flexibility index (Phi) is 3.39. The molecule has 0 bridgehead atoms. The molecular formula is C6H12N4OS. The molecule has 1 unspecified atom stereocenters. The van der Waals surface area contributed by atoms with Crippen LogP contribution >= 0.6 is 11.5 Å². The minimum absolute atomic E-state index is 0.0230. The van der Waals surface area contributed by atoms with Crippen molar-refractivity contribution in [3.05, 3.63) is 5.82 Å². The monoisotopic (exact) mass is 188 g/mol. The van der Waals surface area contributed by atoms with Crippen LogP contribution in [0.2, 0.25) is 0 Å². The van der Waals surface area contributed by atoms with Crippen LogP contribution < -0.4 is 11.1 Å². The fourth-order valence-corrected chi connectivity index (χ4v) is 1.23. The lowest BCUT2D eigenvalue weighted by atomic mass is 10.3. The van der Waals surface area contributed by atoms with E-state index in [-0.39, 0.29) is 12.6 Å². The molecular weight excluding hydrogens is 176 g/mol. The van der Waals surface area contributed by atoms with Crippen LogP contribution in [0, 0.1) is 6.92 Å². The van der Waals surface area contributed by atoms with E-state index in [0.29, 0.717) is 6.54 Å². The minimum atomic E-state index is -0.241. The van der Waals surface area contributed by atoms with Gasteiger partial charge in [0.05, 0.1) is 6.61 Å². The van der Waals surface area contributed by atoms with Crippen molar-refractivity contribution in [2.45, 2.75) is 13.0 Å². The minimum Gasteiger partial charge on any atom is -0.395 e. The maximum absolute atomic E-state index is 8.62. The second kappa shape index (κ2) is 4.34. The Hall–Kier alpha value is -0.720. The highest BCUT2D eigenvalue weighted by Crippen LogP contribution is 2.09. The van der Waals surface area contributed by atoms with Crippen molar-refractivity contribution < 1.29 is 5.11 Å². The molecule has 68 valence electrons. The molecule has 0 aliphatic carbocycles. The molecule has 0 spiro atoms. The number of anilines is 1. The summed E-state index contributed by atoms with van der Waals surface area (Å²) >= 11 is 1.29. The summed E-state index contributed by atoms with van der Waals surface area (Å²) in [5, 5.41) is 12.3. The van der Waals surface area contributed by atoms with Crippen molar-refractivity contribution in [2.75, 3.05) is 18.5 Å². The smallest absolute Gasteiger partial charge is 0.202 e. The molecule has 12 heavy (non-hydrogen) atoms. The van der Waals surface area contributed by atoms with Gasteiger partial charge in [-0.25, -0.2) is 4.98 Å². The highest BCUT2D eigenvalue weighted by atomic mass is 32.1. The third kappa shape index (κ3) is 2.72. The van der Waals surface area contributed by atoms with Crippen molar-refractivity contribution in [1.82, 2.24) is 9.36 Å². The predicted octanol–water partition coefficient (Wildman–Crippen LogP) is -0.422. The zero-order valence-electron chi connectivity index (χ0n) is 6.82. The Labute approximate surface area is 74.8 Å². The quantitative estimate of drug-likeness (QED) is 0.597. The first-order valence-electron chi connectivity index (χ1n) is 3.63. The summed E-state index contributed by atoms with van der Waals surface area (Å²) in [5.74, 6) is 0.750. The second-order valence-electron chi connectivity index (χ2n) is 2.47. The number of nitrogens with two attached hydrogens (primary N) is 1. The van der Waals surface area contributed by atoms with Crippen molar-refractivity contribution >= 4 is 16.7 Å². The summed E-state index contributed by atoms with van der Waals surface area (Å²) in [4.78, 5) is 4.08. The number of hydrogen-bond acceptors (Lipinski definition) is 6. The van der Waals surface area contributed by atoms with Crippen molar-refractivity contribution in [3.63, 3.8) is 0 Å². The van der Waals surface area contributed by atoms with Gasteiger partial charge in [0.15, 0.2) is 0 Å². The number of rotatable bonds is 4. The van der Waals surface area contributed by atoms with Gasteiger partial charge in [0.1, 0.15) is 5.82 Å². The van der Waals surface area contributed by atoms with E-state index in [1.165, 1.54) is 11.5 Å². The SMILES string of the molecule is Cc1nsc(NCC(N)CO)n1. The summed E-state index contributed by atoms with van der Waals surface area (Å²) in [7, 11) is 0. The molecule has 0 aliphatic rings. The Bertz CT molecular complexity index is 239. The predicted molar refractivity (Wildman–Crippen MR) is 48.2 cm³/mol. The van der Waals surface area contributed by atoms with E-state index in [0.717, 1.165) is 11.0 Å². The van der Waals surface area contributed by atoms with E-state index < -0.39 is 0 Å². The zero-order valence-corrected chi connectivity index (χ0v) is 7.64. The van der Waals surface area contributed by atoms with E-state index in [1.807, 2.05) is 6.92 Å². The molecule has 0 saturated carbocycles. The largest absolute Gasteiger partial charge is 0.395 e. The fraction of sp³-hybridized carbons (Fsp3) is 0.667. The van der Waals surface area contributed by atoms with E-state index in [2.05, 4.69) is 14.7 Å². The van der Waals surface area contributed by atoms with Crippen LogP contribution in [0.3, 0.4) is 0 Å². The average molecular weight is 188 g/mol. The molecule has 0 radical (unpaired) electrons. The van der Waals surface area contributed by atoms with E-state index in [4.69, 9.17) is 10.8 Å². The van der Waals surface area contributed by atoms with Gasteiger partial charge in [-0.1, -0.05) is 0 Å². The molecule has 1 atom stereocenters. The van der Waals surface area contributed by atoms with Crippen LogP contribution in [-0.2, 0) is 0 Å². The summed E-state index contributed by atoms with van der Waals surface area (Å²) < 4.78 is 3.99. The lowest BCUT2D eigenvalue weighted by molar-refractivity contribution is 0.270. The number of nitrogens with one attached hydrogen (secondary N) is 1. The van der Waals surface area contributed by atoms with Gasteiger partial charge in [-0.15, -0.1) is 0 Å². The number of aliphatic hydroxyl groups excluding tert-OH is 1. The third-order valence-corrected chi connectivity index (χ3v) is 2.04. The van der Waals surface area contributed by atoms with Gasteiger partial charge in [0.25, 0.3) is 0 Å². The molecule has 0 saturated heterocycles. The molecule has 0 aliphatic heterocycles. The highest BCUT2D eigenvalue weighted by Gasteiger charge is 2.02. The molecule has 6 heteroatoms. The number of aromatic nitrogens is 2. The van der Waals surface area contributed by atoms with Gasteiger partial charge in [-0.2, -0.15) is 4.37 Å². The summed E-state index contributed by atoms with van der Waals surface area (Å²) in [6.07, 6.45) is 0. The normalized spacial score (nSPS) is 12.9. The van der Waals surface area contributed by atoms with E-state index >= 15 is 0 Å². The summed E-state index contributed by atoms with van der Waals surface area (Å²) in [5.41, 5.74) is 5.47. The van der Waals surface area contributed by atoms with Crippen LogP contribution in [-0.4, -0.2) is 33.7 Å². The standard InChI is InChI=1S/C6H12N4OS/c1-4-9-6(12-10-4)8-2-5(7)3-11/h5,11H,2-3,7H2,1H3,(H,8,9,10). The molecule has 1 aromatic heterocycles. The third-order valence-electron chi connectivity index (χ3n) is 1.28. The van der Waals surface area contributed by atoms with Crippen LogP contribution in [0.5, 0.6) is 0 Å². The van der Waals surface area contributed by atoms with Gasteiger partial charge >= 0.3 is 0 Å². The van der Waals surface area contributed by atoms with Gasteiger partial charge in [-0.05, 0) is 6.92 Å². The molecule has 1 aromatic rings. The number of aliphatic hydroxyl groups is 1. The first-order chi connectivity index (χ1) is 5.72. The lowest BCUT2D eigenvalue weighted by Crippen LogP contribution is -2.32. The number of nitrogens with zero attached hydrogens (tertiary/aromatic N) is 2. The molecule has 1 heterocycles. The first kappa shape index (κ1) is 9.37. The Morgan fingerprint density at radius 3 is 3.00 bits per heavy atom. The Morgan fingerprint density at radius 1 is 1.75 bits per heavy atom. The van der Waals surface area contributed by atoms with Crippen molar-refractivity contribution in [2.24, 2.45) is 5.73 Å². The molecule has 0 aromatic carbocycles. The van der Waals surface area contributed by atoms with Crippen LogP contribution in [0.15, 0.2) is 0 Å². The van der Waals surface area contributed by atoms with Crippen molar-refractivity contribution in [3.8, 4) is 0 Å². The molecule has 0 amide bonds. The van der Waals surface area contributed by atoms with Gasteiger partial charge in [-0.3, -0.25) is 0 Å². The molecule has 1 rings (SSSR count). The molecule has 4 N–H and O–H groups in total. The fourth-order valence-electron chi connectivity index (χ4n) is 0.652. The molecule has 5 nitrogen and oxygen atoms in total. The van der Waals surface area contributed by atoms with E-state index in [9.17, 15) is 0 Å². The maximum Gasteiger partial charge on any atom is 0.202 e. The average Bonchev–Trinajstić information content (AvgIpc) is 2.47. The molecule has 0 fully saturated rings. The summed E-state index contributed by atoms with van der Waals surface area (Å²) in [6.45, 7) is 2.32. The number of aryl methyl sites for hydroxylation is 1. The maximum atomic E-state index is 8.62. The summed E-state index contributed by atoms with van der Waals surface area (Å²) in [6, 6.07) is -0.241. The zero-order chi connectivity index (χ0) is 8.97. The lowest BCUT2D eigenvalue weighted by Gasteiger charge is -2.07. The highest BCUT2D eigenvalue weighted by molar-refractivity contribution is 7.09. The van der Waals surface area contributed by atoms with Crippen LogP contribution in [0.4, 0.5) is 5.13 Å². The topological polar surface area (TPSA) is 84.1 Å². The van der Waals surface area contributed by atoms with Gasteiger partial charge < -0.3 is 16.2 Å². The number of hydrogen-bond donors (Lipinski definition) is 3. The van der Waals surface area contributed by atoms with E-state index in [1.54, 1.807) is 0 Å². The van der Waals surface area contributed by atoms with Gasteiger partial charge in [0, 0.05) is 24.1 Å². The van der Waals surface area contributed by atoms with Crippen LogP contribution in [0.1, 0.15) is 5.82 Å². The first-order valence-corrected chi connectivity index (χ1v) is 4.40.